The fourth-order valence-corrected chi connectivity index (χ4v) is 20.2. The number of para-hydroxylation sites is 2. The van der Waals surface area contributed by atoms with Crippen molar-refractivity contribution in [3.63, 3.8) is 0 Å². The Morgan fingerprint density at radius 2 is 0.449 bits per heavy atom. The van der Waals surface area contributed by atoms with Gasteiger partial charge in [-0.05, 0) is 171 Å². The Balaban J connectivity index is 0.953. The van der Waals surface area contributed by atoms with Crippen LogP contribution in [0.4, 0.5) is 0 Å². The molecule has 13 aromatic carbocycles. The van der Waals surface area contributed by atoms with E-state index in [4.69, 9.17) is 29.9 Å². The maximum atomic E-state index is 5.74. The summed E-state index contributed by atoms with van der Waals surface area (Å²) in [5.74, 6) is 3.64. The quantitative estimate of drug-likeness (QED) is 0.141. The molecule has 21 rings (SSSR count). The molecule has 0 bridgehead atoms. The standard InChI is InChI=1S/C116H113BN10/c1-109(2,3)70-41-33-66(34-42-70)103-118-104(67-35-43-71(44-36-67)110(4,5)6)121-107(120-103)80-53-55-86-99-96(80)78-29-25-27-31-88(78)126(99)101-94(124-90-57-49-74(113(13,14)15)61-82(90)83-62-75(114(16,17)18)50-58-91(83)124)65-95(125-92-59-51-76(115(19,20)21)63-84(92)85-64-77(116(22,23)24)52-60-93(85)125)102-98(101)117(86)87-56-54-81(97-79-30-26-28-32-89(79)127(102)100(87)97)108-122-105(68-37-45-72(46-38-68)111(7,8)9)119-106(123-108)69-39-47-73(48-40-69)112(10,11)12/h25-65H,1-24H3. The Bertz CT molecular complexity index is 7080. The predicted octanol–water partition coefficient (Wildman–Crippen LogP) is 28.0. The van der Waals surface area contributed by atoms with Crippen molar-refractivity contribution >= 4 is 110 Å². The summed E-state index contributed by atoms with van der Waals surface area (Å²) in [6.07, 6.45) is 0. The molecule has 0 amide bonds. The Morgan fingerprint density at radius 1 is 0.213 bits per heavy atom. The summed E-state index contributed by atoms with van der Waals surface area (Å²) in [7, 11) is 0. The molecule has 0 spiro atoms. The molecule has 2 aliphatic rings. The molecule has 0 aliphatic carbocycles. The molecule has 0 N–H and O–H groups in total. The van der Waals surface area contributed by atoms with Gasteiger partial charge in [-0.3, -0.25) is 0 Å². The molecule has 0 atom stereocenters. The van der Waals surface area contributed by atoms with Gasteiger partial charge in [0.25, 0.3) is 6.71 Å². The molecule has 11 heteroatoms. The van der Waals surface area contributed by atoms with Crippen molar-refractivity contribution in [3.8, 4) is 91.1 Å². The van der Waals surface area contributed by atoms with Crippen LogP contribution in [0.15, 0.2) is 249 Å². The highest BCUT2D eigenvalue weighted by Crippen LogP contribution is 2.51. The van der Waals surface area contributed by atoms with Crippen LogP contribution in [0.2, 0.25) is 0 Å². The Hall–Kier alpha value is -12.9. The monoisotopic (exact) mass is 1660 g/mol. The lowest BCUT2D eigenvalue weighted by Crippen LogP contribution is -2.60. The van der Waals surface area contributed by atoms with Gasteiger partial charge in [-0.25, -0.2) is 29.9 Å². The van der Waals surface area contributed by atoms with Crippen LogP contribution in [0, 0.1) is 0 Å². The van der Waals surface area contributed by atoms with Crippen molar-refractivity contribution in [2.75, 3.05) is 0 Å². The van der Waals surface area contributed by atoms with Gasteiger partial charge in [0.1, 0.15) is 0 Å². The number of fused-ring (bicyclic) bond motifs is 16. The van der Waals surface area contributed by atoms with Crippen LogP contribution >= 0.6 is 0 Å². The van der Waals surface area contributed by atoms with Crippen molar-refractivity contribution in [2.45, 2.75) is 209 Å². The molecule has 2 aliphatic heterocycles. The first kappa shape index (κ1) is 81.2. The molecule has 19 aromatic rings. The first-order valence-electron chi connectivity index (χ1n) is 45.5. The van der Waals surface area contributed by atoms with Crippen LogP contribution < -0.4 is 16.4 Å². The Morgan fingerprint density at radius 3 is 0.709 bits per heavy atom. The molecular weight excluding hydrogens is 1540 g/mol. The van der Waals surface area contributed by atoms with Gasteiger partial charge < -0.3 is 18.3 Å². The van der Waals surface area contributed by atoms with Crippen molar-refractivity contribution < 1.29 is 0 Å². The second kappa shape index (κ2) is 27.8. The largest absolute Gasteiger partial charge is 0.308 e. The van der Waals surface area contributed by atoms with Gasteiger partial charge in [-0.1, -0.05) is 348 Å². The van der Waals surface area contributed by atoms with Crippen LogP contribution in [0.5, 0.6) is 0 Å². The van der Waals surface area contributed by atoms with E-state index >= 15 is 0 Å². The van der Waals surface area contributed by atoms with Gasteiger partial charge >= 0.3 is 0 Å². The van der Waals surface area contributed by atoms with E-state index in [1.807, 2.05) is 0 Å². The number of benzene rings is 13. The summed E-state index contributed by atoms with van der Waals surface area (Å²) in [5.41, 5.74) is 31.5. The summed E-state index contributed by atoms with van der Waals surface area (Å²) >= 11 is 0. The Kier molecular flexibility index (Phi) is 17.8. The maximum absolute atomic E-state index is 5.74. The van der Waals surface area contributed by atoms with Gasteiger partial charge in [-0.2, -0.15) is 0 Å². The smallest absolute Gasteiger partial charge is 0.252 e. The van der Waals surface area contributed by atoms with E-state index in [9.17, 15) is 0 Å². The second-order valence-electron chi connectivity index (χ2n) is 44.5. The maximum Gasteiger partial charge on any atom is 0.252 e. The van der Waals surface area contributed by atoms with Crippen molar-refractivity contribution in [1.29, 1.82) is 0 Å². The highest BCUT2D eigenvalue weighted by atomic mass is 15.1. The zero-order valence-electron chi connectivity index (χ0n) is 78.2. The SMILES string of the molecule is CC(C)(C)c1ccc(-c2nc(-c3ccc(C(C)(C)C)cc3)nc(-c3ccc4c5c3c3ccccc3n5-c3c(-n5c6ccc(C(C)(C)C)cc6c6cc(C(C)(C)C)ccc65)cc(-n5c6ccc(C(C)(C)C)cc6c6cc(C(C)(C)C)ccc65)c5c3B4c3ccc(-c4nc(-c6ccc(C(C)(C)C)cc6)nc(-c6ccc(C(C)(C)C)cc6)n4)c4c6ccccc6n-5c34)n2)cc1. The highest BCUT2D eigenvalue weighted by Gasteiger charge is 2.46. The van der Waals surface area contributed by atoms with Gasteiger partial charge in [0, 0.05) is 76.5 Å². The molecule has 0 saturated heterocycles. The number of nitrogens with zero attached hydrogens (tertiary/aromatic N) is 10. The van der Waals surface area contributed by atoms with Crippen LogP contribution in [0.1, 0.15) is 211 Å². The van der Waals surface area contributed by atoms with E-state index in [1.165, 1.54) is 82.4 Å². The lowest BCUT2D eigenvalue weighted by atomic mass is 9.34. The first-order chi connectivity index (χ1) is 60.0. The molecule has 127 heavy (non-hydrogen) atoms. The van der Waals surface area contributed by atoms with Gasteiger partial charge in [0.05, 0.1) is 66.9 Å². The zero-order chi connectivity index (χ0) is 88.9. The van der Waals surface area contributed by atoms with E-state index in [-0.39, 0.29) is 43.3 Å². The van der Waals surface area contributed by atoms with E-state index in [0.29, 0.717) is 34.9 Å². The van der Waals surface area contributed by atoms with E-state index in [1.54, 1.807) is 0 Å². The van der Waals surface area contributed by atoms with E-state index < -0.39 is 6.71 Å². The molecule has 0 fully saturated rings. The normalized spacial score (nSPS) is 13.5. The number of rotatable bonds is 8. The van der Waals surface area contributed by atoms with Gasteiger partial charge in [0.2, 0.25) is 0 Å². The van der Waals surface area contributed by atoms with Crippen LogP contribution in [-0.2, 0) is 43.3 Å². The fraction of sp³-hybridized carbons (Fsp3) is 0.276. The zero-order valence-corrected chi connectivity index (χ0v) is 78.2. The van der Waals surface area contributed by atoms with E-state index in [2.05, 4.69) is 433 Å². The number of hydrogen-bond donors (Lipinski definition) is 0. The van der Waals surface area contributed by atoms with E-state index in [0.717, 1.165) is 122 Å². The lowest BCUT2D eigenvalue weighted by Gasteiger charge is -2.37. The van der Waals surface area contributed by atoms with Crippen molar-refractivity contribution in [1.82, 2.24) is 48.2 Å². The molecular formula is C116H113BN10. The van der Waals surface area contributed by atoms with Gasteiger partial charge in [-0.15, -0.1) is 0 Å². The predicted molar refractivity (Wildman–Crippen MR) is 537 cm³/mol. The number of aromatic nitrogens is 10. The minimum Gasteiger partial charge on any atom is -0.308 e. The van der Waals surface area contributed by atoms with Crippen molar-refractivity contribution in [2.24, 2.45) is 0 Å². The highest BCUT2D eigenvalue weighted by molar-refractivity contribution is 7.00. The molecule has 0 radical (unpaired) electrons. The average molecular weight is 1660 g/mol. The summed E-state index contributed by atoms with van der Waals surface area (Å²) in [4.78, 5) is 33.9. The third-order valence-electron chi connectivity index (χ3n) is 27.6. The Labute approximate surface area is 747 Å². The topological polar surface area (TPSA) is 97.1 Å². The summed E-state index contributed by atoms with van der Waals surface area (Å²) in [6.45, 7) is 54.9. The van der Waals surface area contributed by atoms with Crippen molar-refractivity contribution in [3.05, 3.63) is 293 Å². The molecule has 0 unspecified atom stereocenters. The van der Waals surface area contributed by atoms with Crippen LogP contribution in [0.3, 0.4) is 0 Å². The summed E-state index contributed by atoms with van der Waals surface area (Å²) in [5, 5.41) is 9.18. The summed E-state index contributed by atoms with van der Waals surface area (Å²) < 4.78 is 10.7. The molecule has 0 saturated carbocycles. The summed E-state index contributed by atoms with van der Waals surface area (Å²) in [6, 6.07) is 95.2. The minimum atomic E-state index is -0.411. The van der Waals surface area contributed by atoms with Crippen LogP contribution in [0.25, 0.3) is 178 Å². The molecule has 8 heterocycles. The third-order valence-corrected chi connectivity index (χ3v) is 27.6. The molecule has 10 nitrogen and oxygen atoms in total. The minimum absolute atomic E-state index is 0.0639. The molecule has 6 aromatic heterocycles. The first-order valence-corrected chi connectivity index (χ1v) is 45.5. The molecule has 630 valence electrons. The fourth-order valence-electron chi connectivity index (χ4n) is 20.2. The van der Waals surface area contributed by atoms with Crippen LogP contribution in [-0.4, -0.2) is 54.9 Å². The average Bonchev–Trinajstić information content (AvgIpc) is 1.53. The lowest BCUT2D eigenvalue weighted by molar-refractivity contribution is 0.590. The second-order valence-corrected chi connectivity index (χ2v) is 44.5. The van der Waals surface area contributed by atoms with Gasteiger partial charge in [0.15, 0.2) is 34.9 Å². The number of hydrogen-bond acceptors (Lipinski definition) is 6. The third kappa shape index (κ3) is 13.1.